The molecule has 8 nitrogen and oxygen atoms in total. The highest BCUT2D eigenvalue weighted by Crippen LogP contribution is 2.26. The second-order valence-corrected chi connectivity index (χ2v) is 8.86. The standard InChI is InChI=1S/C21H34N6O2/c1-23-12-14-26(15-13-23)20(28)17-4-3-8-27(16-17)18-5-10-25(11-6-18)21(29)19-7-9-24(2)22-19/h7,9,17-18H,3-6,8,10-16H2,1-2H3/t17-/m1/s1. The summed E-state index contributed by atoms with van der Waals surface area (Å²) in [5.41, 5.74) is 0.529. The SMILES string of the molecule is CN1CCN(C(=O)[C@@H]2CCCN(C3CCN(C(=O)c4ccn(C)n4)CC3)C2)CC1. The van der Waals surface area contributed by atoms with Crippen LogP contribution in [0.5, 0.6) is 0 Å². The fourth-order valence-electron chi connectivity index (χ4n) is 4.95. The monoisotopic (exact) mass is 402 g/mol. The number of piperidine rings is 2. The number of aromatic nitrogens is 2. The van der Waals surface area contributed by atoms with E-state index in [-0.39, 0.29) is 11.8 Å². The Bertz CT molecular complexity index is 719. The second kappa shape index (κ2) is 8.83. The van der Waals surface area contributed by atoms with Gasteiger partial charge in [-0.15, -0.1) is 0 Å². The molecule has 29 heavy (non-hydrogen) atoms. The lowest BCUT2D eigenvalue weighted by Gasteiger charge is -2.43. The third kappa shape index (κ3) is 4.64. The minimum Gasteiger partial charge on any atom is -0.340 e. The number of rotatable bonds is 3. The molecule has 4 heterocycles. The molecule has 3 saturated heterocycles. The largest absolute Gasteiger partial charge is 0.340 e. The summed E-state index contributed by atoms with van der Waals surface area (Å²) >= 11 is 0. The molecule has 0 saturated carbocycles. The van der Waals surface area contributed by atoms with Gasteiger partial charge in [-0.25, -0.2) is 0 Å². The van der Waals surface area contributed by atoms with Gasteiger partial charge in [-0.2, -0.15) is 5.10 Å². The third-order valence-corrected chi connectivity index (χ3v) is 6.82. The van der Waals surface area contributed by atoms with Gasteiger partial charge in [0.15, 0.2) is 0 Å². The Hall–Kier alpha value is -1.93. The lowest BCUT2D eigenvalue weighted by molar-refractivity contribution is -0.139. The van der Waals surface area contributed by atoms with Crippen molar-refractivity contribution in [2.45, 2.75) is 31.7 Å². The lowest BCUT2D eigenvalue weighted by atomic mass is 9.92. The van der Waals surface area contributed by atoms with Crippen LogP contribution in [0.2, 0.25) is 0 Å². The van der Waals surface area contributed by atoms with Gasteiger partial charge < -0.3 is 14.7 Å². The third-order valence-electron chi connectivity index (χ3n) is 6.82. The van der Waals surface area contributed by atoms with E-state index in [1.165, 1.54) is 0 Å². The van der Waals surface area contributed by atoms with E-state index in [0.29, 0.717) is 17.6 Å². The van der Waals surface area contributed by atoms with Crippen molar-refractivity contribution in [3.8, 4) is 0 Å². The molecule has 0 aromatic carbocycles. The van der Waals surface area contributed by atoms with Crippen LogP contribution >= 0.6 is 0 Å². The van der Waals surface area contributed by atoms with Crippen molar-refractivity contribution < 1.29 is 9.59 Å². The van der Waals surface area contributed by atoms with Crippen LogP contribution in [0.4, 0.5) is 0 Å². The molecule has 1 aromatic rings. The molecule has 8 heteroatoms. The van der Waals surface area contributed by atoms with Gasteiger partial charge in [0.2, 0.25) is 5.91 Å². The minimum atomic E-state index is 0.0332. The topological polar surface area (TPSA) is 64.9 Å². The molecule has 3 fully saturated rings. The first kappa shape index (κ1) is 20.3. The van der Waals surface area contributed by atoms with Crippen LogP contribution in [-0.2, 0) is 11.8 Å². The number of carbonyl (C=O) groups is 2. The van der Waals surface area contributed by atoms with Crippen molar-refractivity contribution in [2.75, 3.05) is 59.4 Å². The zero-order valence-corrected chi connectivity index (χ0v) is 17.8. The summed E-state index contributed by atoms with van der Waals surface area (Å²) in [6, 6.07) is 2.26. The number of hydrogen-bond acceptors (Lipinski definition) is 5. The van der Waals surface area contributed by atoms with Gasteiger partial charge >= 0.3 is 0 Å². The van der Waals surface area contributed by atoms with E-state index in [9.17, 15) is 9.59 Å². The van der Waals surface area contributed by atoms with Crippen LogP contribution < -0.4 is 0 Å². The highest BCUT2D eigenvalue weighted by molar-refractivity contribution is 5.92. The number of piperazine rings is 1. The lowest BCUT2D eigenvalue weighted by Crippen LogP contribution is -2.54. The number of amides is 2. The maximum absolute atomic E-state index is 13.0. The van der Waals surface area contributed by atoms with Gasteiger partial charge in [-0.3, -0.25) is 19.2 Å². The van der Waals surface area contributed by atoms with E-state index >= 15 is 0 Å². The van der Waals surface area contributed by atoms with Gasteiger partial charge in [0, 0.05) is 65.1 Å². The molecular weight excluding hydrogens is 368 g/mol. The summed E-state index contributed by atoms with van der Waals surface area (Å²) in [5, 5.41) is 4.24. The molecule has 1 aromatic heterocycles. The maximum Gasteiger partial charge on any atom is 0.274 e. The Morgan fingerprint density at radius 1 is 0.931 bits per heavy atom. The molecule has 3 aliphatic rings. The van der Waals surface area contributed by atoms with E-state index in [1.54, 1.807) is 10.7 Å². The van der Waals surface area contributed by atoms with Gasteiger partial charge in [0.05, 0.1) is 5.92 Å². The zero-order chi connectivity index (χ0) is 20.4. The van der Waals surface area contributed by atoms with Crippen molar-refractivity contribution in [3.63, 3.8) is 0 Å². The summed E-state index contributed by atoms with van der Waals surface area (Å²) in [4.78, 5) is 34.4. The van der Waals surface area contributed by atoms with Crippen molar-refractivity contribution in [1.82, 2.24) is 29.4 Å². The summed E-state index contributed by atoms with van der Waals surface area (Å²) in [6.07, 6.45) is 5.88. The van der Waals surface area contributed by atoms with Crippen LogP contribution in [0.1, 0.15) is 36.2 Å². The molecule has 0 N–H and O–H groups in total. The van der Waals surface area contributed by atoms with E-state index < -0.39 is 0 Å². The average Bonchev–Trinajstić information content (AvgIpc) is 3.20. The second-order valence-electron chi connectivity index (χ2n) is 8.86. The number of carbonyl (C=O) groups excluding carboxylic acids is 2. The number of likely N-dealkylation sites (N-methyl/N-ethyl adjacent to an activating group) is 1. The normalized spacial score (nSPS) is 25.4. The minimum absolute atomic E-state index is 0.0332. The highest BCUT2D eigenvalue weighted by atomic mass is 16.2. The molecule has 0 spiro atoms. The molecule has 3 aliphatic heterocycles. The quantitative estimate of drug-likeness (QED) is 0.737. The van der Waals surface area contributed by atoms with Gasteiger partial charge in [-0.05, 0) is 45.3 Å². The van der Waals surface area contributed by atoms with Gasteiger partial charge in [0.1, 0.15) is 5.69 Å². The van der Waals surface area contributed by atoms with Crippen LogP contribution in [0.15, 0.2) is 12.3 Å². The van der Waals surface area contributed by atoms with Crippen molar-refractivity contribution >= 4 is 11.8 Å². The Balaban J connectivity index is 1.28. The Kier molecular flexibility index (Phi) is 6.20. The molecule has 4 rings (SSSR count). The van der Waals surface area contributed by atoms with Gasteiger partial charge in [0.25, 0.3) is 5.91 Å². The predicted molar refractivity (Wildman–Crippen MR) is 111 cm³/mol. The summed E-state index contributed by atoms with van der Waals surface area (Å²) in [7, 11) is 3.95. The molecular formula is C21H34N6O2. The van der Waals surface area contributed by atoms with Crippen molar-refractivity contribution in [2.24, 2.45) is 13.0 Å². The number of nitrogens with zero attached hydrogens (tertiary/aromatic N) is 6. The Labute approximate surface area is 173 Å². The summed E-state index contributed by atoms with van der Waals surface area (Å²) < 4.78 is 1.67. The Morgan fingerprint density at radius 2 is 1.66 bits per heavy atom. The predicted octanol–water partition coefficient (Wildman–Crippen LogP) is 0.511. The molecule has 0 unspecified atom stereocenters. The smallest absolute Gasteiger partial charge is 0.274 e. The Morgan fingerprint density at radius 3 is 2.31 bits per heavy atom. The fraction of sp³-hybridized carbons (Fsp3) is 0.762. The van der Waals surface area contributed by atoms with Crippen LogP contribution in [-0.4, -0.2) is 107 Å². The van der Waals surface area contributed by atoms with Gasteiger partial charge in [-0.1, -0.05) is 0 Å². The van der Waals surface area contributed by atoms with E-state index in [0.717, 1.165) is 78.0 Å². The number of hydrogen-bond donors (Lipinski definition) is 0. The first-order chi connectivity index (χ1) is 14.0. The fourth-order valence-corrected chi connectivity index (χ4v) is 4.95. The van der Waals surface area contributed by atoms with Crippen molar-refractivity contribution in [3.05, 3.63) is 18.0 Å². The molecule has 1 atom stereocenters. The van der Waals surface area contributed by atoms with Crippen LogP contribution in [0, 0.1) is 5.92 Å². The molecule has 0 aliphatic carbocycles. The van der Waals surface area contributed by atoms with Crippen LogP contribution in [0.25, 0.3) is 0 Å². The summed E-state index contributed by atoms with van der Waals surface area (Å²) in [6.45, 7) is 7.17. The molecule has 0 bridgehead atoms. The number of aryl methyl sites for hydroxylation is 1. The molecule has 0 radical (unpaired) electrons. The maximum atomic E-state index is 13.0. The summed E-state index contributed by atoms with van der Waals surface area (Å²) in [5.74, 6) is 0.525. The molecule has 160 valence electrons. The highest BCUT2D eigenvalue weighted by Gasteiger charge is 2.35. The van der Waals surface area contributed by atoms with Crippen molar-refractivity contribution in [1.29, 1.82) is 0 Å². The first-order valence-corrected chi connectivity index (χ1v) is 11.0. The average molecular weight is 403 g/mol. The first-order valence-electron chi connectivity index (χ1n) is 11.0. The van der Waals surface area contributed by atoms with E-state index in [4.69, 9.17) is 0 Å². The number of likely N-dealkylation sites (tertiary alicyclic amines) is 2. The van der Waals surface area contributed by atoms with E-state index in [1.807, 2.05) is 18.1 Å². The van der Waals surface area contributed by atoms with Crippen LogP contribution in [0.3, 0.4) is 0 Å². The zero-order valence-electron chi connectivity index (χ0n) is 17.8. The molecule has 2 amide bonds. The van der Waals surface area contributed by atoms with E-state index in [2.05, 4.69) is 26.8 Å².